The lowest BCUT2D eigenvalue weighted by molar-refractivity contribution is 0.787. The van der Waals surface area contributed by atoms with Gasteiger partial charge >= 0.3 is 0 Å². The van der Waals surface area contributed by atoms with Crippen LogP contribution in [-0.4, -0.2) is 15.9 Å². The molecular weight excluding hydrogens is 853 g/mol. The van der Waals surface area contributed by atoms with Gasteiger partial charge in [0.05, 0.1) is 22.8 Å². The summed E-state index contributed by atoms with van der Waals surface area (Å²) in [5.41, 5.74) is 19.9. The van der Waals surface area contributed by atoms with Crippen LogP contribution in [0.15, 0.2) is 254 Å². The molecule has 4 aliphatic rings. The summed E-state index contributed by atoms with van der Waals surface area (Å²) < 4.78 is 2.49. The fraction of sp³-hybridized carbons (Fsp3) is 0.0909. The van der Waals surface area contributed by atoms with Crippen molar-refractivity contribution in [2.75, 3.05) is 4.90 Å². The second-order valence-electron chi connectivity index (χ2n) is 18.6. The zero-order chi connectivity index (χ0) is 45.7. The van der Waals surface area contributed by atoms with Crippen molar-refractivity contribution >= 4 is 56.1 Å². The van der Waals surface area contributed by atoms with E-state index in [0.29, 0.717) is 11.2 Å². The number of aromatic nitrogens is 1. The lowest BCUT2D eigenvalue weighted by Crippen LogP contribution is -2.30. The molecular formula is C66H50N2S. The third-order valence-corrected chi connectivity index (χ3v) is 15.9. The Morgan fingerprint density at radius 1 is 0.507 bits per heavy atom. The van der Waals surface area contributed by atoms with Gasteiger partial charge in [0.25, 0.3) is 0 Å². The minimum absolute atomic E-state index is 0.164. The van der Waals surface area contributed by atoms with Gasteiger partial charge in [-0.1, -0.05) is 182 Å². The molecule has 1 aliphatic heterocycles. The second-order valence-corrected chi connectivity index (χ2v) is 19.9. The molecule has 0 N–H and O–H groups in total. The van der Waals surface area contributed by atoms with Crippen LogP contribution in [0.1, 0.15) is 41.9 Å². The van der Waals surface area contributed by atoms with Crippen LogP contribution in [-0.2, 0) is 0 Å². The van der Waals surface area contributed by atoms with Crippen molar-refractivity contribution in [2.24, 2.45) is 0 Å². The van der Waals surface area contributed by atoms with Gasteiger partial charge in [0.15, 0.2) is 0 Å². The molecule has 0 fully saturated rings. The maximum Gasteiger partial charge on any atom is 0.0560 e. The smallest absolute Gasteiger partial charge is 0.0560 e. The molecule has 2 nitrogen and oxygen atoms in total. The summed E-state index contributed by atoms with van der Waals surface area (Å²) >= 11 is 1.99. The second kappa shape index (κ2) is 17.7. The summed E-state index contributed by atoms with van der Waals surface area (Å²) in [6.45, 7) is 0. The van der Waals surface area contributed by atoms with E-state index in [1.807, 2.05) is 11.8 Å². The minimum Gasteiger partial charge on any atom is -0.334 e. The first kappa shape index (κ1) is 41.3. The number of nitrogens with zero attached hydrogens (tertiary/aromatic N) is 2. The van der Waals surface area contributed by atoms with Crippen LogP contribution >= 0.6 is 11.8 Å². The van der Waals surface area contributed by atoms with Crippen molar-refractivity contribution in [3.8, 4) is 39.1 Å². The van der Waals surface area contributed by atoms with E-state index in [4.69, 9.17) is 0 Å². The molecule has 3 heteroatoms. The molecule has 0 amide bonds. The van der Waals surface area contributed by atoms with Gasteiger partial charge in [-0.05, 0) is 142 Å². The molecule has 0 bridgehead atoms. The predicted octanol–water partition coefficient (Wildman–Crippen LogP) is 17.8. The fourth-order valence-electron chi connectivity index (χ4n) is 11.1. The number of benzene rings is 8. The van der Waals surface area contributed by atoms with Gasteiger partial charge in [0.1, 0.15) is 0 Å². The van der Waals surface area contributed by atoms with Crippen LogP contribution in [0.25, 0.3) is 72.0 Å². The monoisotopic (exact) mass is 902 g/mol. The Morgan fingerprint density at radius 2 is 1.22 bits per heavy atom. The van der Waals surface area contributed by atoms with E-state index in [9.17, 15) is 0 Å². The van der Waals surface area contributed by atoms with Crippen LogP contribution in [0, 0.1) is 0 Å². The Balaban J connectivity index is 0.846. The van der Waals surface area contributed by atoms with Crippen LogP contribution < -0.4 is 4.90 Å². The minimum atomic E-state index is 0.164. The van der Waals surface area contributed by atoms with Gasteiger partial charge < -0.3 is 9.47 Å². The van der Waals surface area contributed by atoms with Gasteiger partial charge in [-0.3, -0.25) is 0 Å². The number of thioether (sulfide) groups is 1. The number of para-hydroxylation sites is 2. The molecule has 0 spiro atoms. The van der Waals surface area contributed by atoms with Gasteiger partial charge in [0.2, 0.25) is 0 Å². The summed E-state index contributed by atoms with van der Waals surface area (Å²) in [4.78, 5) is 3.92. The first-order chi connectivity index (χ1) is 34.2. The molecule has 0 saturated heterocycles. The number of hydrogen-bond donors (Lipinski definition) is 0. The van der Waals surface area contributed by atoms with E-state index in [1.54, 1.807) is 0 Å². The average molecular weight is 903 g/mol. The molecule has 3 unspecified atom stereocenters. The Bertz CT molecular complexity index is 3640. The number of fused-ring (bicyclic) bond motifs is 6. The number of hydrogen-bond acceptors (Lipinski definition) is 2. The molecule has 330 valence electrons. The van der Waals surface area contributed by atoms with Crippen LogP contribution in [0.2, 0.25) is 0 Å². The number of allylic oxidation sites excluding steroid dienone is 9. The average Bonchev–Trinajstić information content (AvgIpc) is 3.97. The highest BCUT2D eigenvalue weighted by Gasteiger charge is 2.31. The molecule has 3 aliphatic carbocycles. The summed E-state index contributed by atoms with van der Waals surface area (Å²) in [7, 11) is 0. The van der Waals surface area contributed by atoms with Gasteiger partial charge in [-0.25, -0.2) is 0 Å². The van der Waals surface area contributed by atoms with E-state index in [-0.39, 0.29) is 6.04 Å². The van der Waals surface area contributed by atoms with Crippen molar-refractivity contribution < 1.29 is 0 Å². The molecule has 8 aromatic carbocycles. The molecule has 0 saturated carbocycles. The van der Waals surface area contributed by atoms with Crippen LogP contribution in [0.3, 0.4) is 0 Å². The Kier molecular flexibility index (Phi) is 10.6. The van der Waals surface area contributed by atoms with E-state index >= 15 is 0 Å². The number of rotatable bonds is 9. The van der Waals surface area contributed by atoms with Crippen molar-refractivity contribution in [3.63, 3.8) is 0 Å². The maximum atomic E-state index is 2.51. The third-order valence-electron chi connectivity index (χ3n) is 14.5. The number of anilines is 2. The fourth-order valence-corrected chi connectivity index (χ4v) is 12.4. The third kappa shape index (κ3) is 7.64. The highest BCUT2D eigenvalue weighted by molar-refractivity contribution is 8.00. The van der Waals surface area contributed by atoms with Crippen molar-refractivity contribution in [3.05, 3.63) is 266 Å². The van der Waals surface area contributed by atoms with Crippen molar-refractivity contribution in [1.29, 1.82) is 0 Å². The van der Waals surface area contributed by atoms with Crippen LogP contribution in [0.5, 0.6) is 0 Å². The zero-order valence-electron chi connectivity index (χ0n) is 38.3. The lowest BCUT2D eigenvalue weighted by Gasteiger charge is -2.33. The van der Waals surface area contributed by atoms with E-state index in [1.165, 1.54) is 105 Å². The Labute approximate surface area is 409 Å². The normalized spacial score (nSPS) is 18.0. The van der Waals surface area contributed by atoms with E-state index in [0.717, 1.165) is 19.3 Å². The highest BCUT2D eigenvalue weighted by atomic mass is 32.2. The van der Waals surface area contributed by atoms with Crippen molar-refractivity contribution in [1.82, 2.24) is 4.57 Å². The SMILES string of the molecule is C1=CCCC(c2ccc(-n3c4ccccc4c4ccc(-c5cccc(-c6cccc(N(c7ccccc7)C7C=CC(c8ccc9c(c8)C8C=CC=CC8S9)=CC7)c6)c5)cc43)c(-c3ccccc3)c2)=C1. The predicted molar refractivity (Wildman–Crippen MR) is 295 cm³/mol. The van der Waals surface area contributed by atoms with Crippen LogP contribution in [0.4, 0.5) is 11.4 Å². The Hall–Kier alpha value is -7.85. The van der Waals surface area contributed by atoms with E-state index in [2.05, 4.69) is 258 Å². The molecule has 1 aromatic heterocycles. The summed E-state index contributed by atoms with van der Waals surface area (Å²) in [5, 5.41) is 3.01. The Morgan fingerprint density at radius 3 is 2.04 bits per heavy atom. The summed E-state index contributed by atoms with van der Waals surface area (Å²) in [6, 6.07) is 70.2. The lowest BCUT2D eigenvalue weighted by atomic mass is 9.89. The summed E-state index contributed by atoms with van der Waals surface area (Å²) in [5.74, 6) is 0.457. The molecule has 3 atom stereocenters. The van der Waals surface area contributed by atoms with Gasteiger partial charge in [0, 0.05) is 43.8 Å². The quantitative estimate of drug-likeness (QED) is 0.143. The van der Waals surface area contributed by atoms with Gasteiger partial charge in [-0.2, -0.15) is 0 Å². The first-order valence-electron chi connectivity index (χ1n) is 24.4. The summed E-state index contributed by atoms with van der Waals surface area (Å²) in [6.07, 6.45) is 26.1. The molecule has 13 rings (SSSR count). The molecule has 0 radical (unpaired) electrons. The zero-order valence-corrected chi connectivity index (χ0v) is 39.1. The first-order valence-corrected chi connectivity index (χ1v) is 25.3. The highest BCUT2D eigenvalue weighted by Crippen LogP contribution is 2.49. The van der Waals surface area contributed by atoms with Gasteiger partial charge in [-0.15, -0.1) is 11.8 Å². The molecule has 9 aromatic rings. The molecule has 2 heterocycles. The molecule has 69 heavy (non-hydrogen) atoms. The van der Waals surface area contributed by atoms with Crippen molar-refractivity contribution in [2.45, 2.75) is 41.4 Å². The standard InChI is InChI=1S/C66H50N2S/c1-4-16-45(17-5-1)51-33-38-63(60(42-51)47-18-6-2-7-19-47)68-62-28-12-10-26-57(62)58-37-32-53(44-64(58)68)49-21-14-20-48(40-49)50-22-15-25-56(41-50)67(54-23-8-3-9-24-54)55-35-30-46(31-36-55)52-34-39-66-61(43-52)59-27-11-13-29-65(59)69-66/h1-4,6-16,18-35,37-44,55,59,65H,5,17,36H2. The maximum absolute atomic E-state index is 2.51. The topological polar surface area (TPSA) is 8.17 Å². The van der Waals surface area contributed by atoms with E-state index < -0.39 is 0 Å². The largest absolute Gasteiger partial charge is 0.334 e.